The van der Waals surface area contributed by atoms with Gasteiger partial charge in [-0.2, -0.15) is 19.0 Å². The first kappa shape index (κ1) is 41.9. The maximum Gasteiger partial charge on any atom is 0.292 e. The highest BCUT2D eigenvalue weighted by molar-refractivity contribution is 7.92. The fraction of sp³-hybridized carbons (Fsp3) is 0.395. The number of pyridine rings is 1. The van der Waals surface area contributed by atoms with Crippen molar-refractivity contribution >= 4 is 59.5 Å². The molecule has 4 N–H and O–H groups in total. The number of para-hydroxylation sites is 1. The molecule has 1 amide bonds. The van der Waals surface area contributed by atoms with Crippen LogP contribution in [0.1, 0.15) is 68.4 Å². The second kappa shape index (κ2) is 15.4. The molecular weight excluding hydrogens is 825 g/mol. The van der Waals surface area contributed by atoms with Gasteiger partial charge < -0.3 is 15.7 Å². The number of hydrogen-bond acceptors (Lipinski definition) is 10. The molecule has 1 aliphatic rings. The first-order valence-corrected chi connectivity index (χ1v) is 20.9. The van der Waals surface area contributed by atoms with Gasteiger partial charge in [-0.1, -0.05) is 30.4 Å². The summed E-state index contributed by atoms with van der Waals surface area (Å²) in [5.41, 5.74) is -1.53. The lowest BCUT2D eigenvalue weighted by Crippen LogP contribution is -2.35. The number of amides is 1. The van der Waals surface area contributed by atoms with Gasteiger partial charge in [-0.3, -0.25) is 18.9 Å². The minimum atomic E-state index is -3.76. The van der Waals surface area contributed by atoms with Crippen LogP contribution in [-0.2, 0) is 47.2 Å². The zero-order valence-corrected chi connectivity index (χ0v) is 33.9. The van der Waals surface area contributed by atoms with Crippen molar-refractivity contribution in [2.45, 2.75) is 71.1 Å². The number of hydrogen-bond donors (Lipinski definition) is 4. The van der Waals surface area contributed by atoms with Gasteiger partial charge in [-0.25, -0.2) is 35.9 Å². The van der Waals surface area contributed by atoms with Gasteiger partial charge in [0.25, 0.3) is 12.3 Å². The van der Waals surface area contributed by atoms with E-state index in [9.17, 15) is 35.9 Å². The normalized spacial score (nSPS) is 15.9. The lowest BCUT2D eigenvalue weighted by atomic mass is 9.94. The Morgan fingerprint density at radius 2 is 1.78 bits per heavy atom. The van der Waals surface area contributed by atoms with Crippen molar-refractivity contribution in [3.8, 4) is 11.1 Å². The molecule has 1 aliphatic carbocycles. The fourth-order valence-corrected chi connectivity index (χ4v) is 8.62. The van der Waals surface area contributed by atoms with Gasteiger partial charge in [0, 0.05) is 47.7 Å². The van der Waals surface area contributed by atoms with E-state index >= 15 is 8.78 Å². The number of carbonyl (C=O) groups is 1. The quantitative estimate of drug-likeness (QED) is 0.0845. The fourth-order valence-electron chi connectivity index (χ4n) is 7.18. The van der Waals surface area contributed by atoms with E-state index in [0.29, 0.717) is 42.6 Å². The Bertz CT molecular complexity index is 2690. The van der Waals surface area contributed by atoms with E-state index in [1.165, 1.54) is 29.9 Å². The Kier molecular flexibility index (Phi) is 10.9. The predicted octanol–water partition coefficient (Wildman–Crippen LogP) is 6.99. The highest BCUT2D eigenvalue weighted by Gasteiger charge is 2.51. The van der Waals surface area contributed by atoms with Crippen molar-refractivity contribution < 1.29 is 44.7 Å². The van der Waals surface area contributed by atoms with Crippen LogP contribution in [0.5, 0.6) is 0 Å². The van der Waals surface area contributed by atoms with Gasteiger partial charge in [-0.15, -0.1) is 0 Å². The number of thiazole rings is 1. The summed E-state index contributed by atoms with van der Waals surface area (Å²) < 4.78 is 118. The zero-order valence-electron chi connectivity index (χ0n) is 32.2. The Hall–Kier alpha value is -5.28. The number of rotatable bonds is 14. The number of aliphatic hydroxyl groups is 1. The van der Waals surface area contributed by atoms with E-state index in [2.05, 4.69) is 30.5 Å². The Balaban J connectivity index is 1.40. The molecule has 0 unspecified atom stereocenters. The lowest BCUT2D eigenvalue weighted by molar-refractivity contribution is -0.123. The zero-order chi connectivity index (χ0) is 42.8. The molecule has 7 rings (SSSR count). The summed E-state index contributed by atoms with van der Waals surface area (Å²) >= 11 is 1.19. The molecule has 0 saturated carbocycles. The monoisotopic (exact) mass is 863 g/mol. The Morgan fingerprint density at radius 1 is 1.07 bits per heavy atom. The molecule has 0 saturated heterocycles. The van der Waals surface area contributed by atoms with Crippen LogP contribution in [0.25, 0.3) is 32.4 Å². The summed E-state index contributed by atoms with van der Waals surface area (Å²) in [5, 5.41) is 25.1. The number of nitrogens with one attached hydrogen (secondary N) is 3. The molecule has 21 heteroatoms. The second-order valence-corrected chi connectivity index (χ2v) is 18.1. The van der Waals surface area contributed by atoms with Crippen LogP contribution in [0.2, 0.25) is 0 Å². The van der Waals surface area contributed by atoms with Crippen LogP contribution in [0, 0.1) is 17.6 Å². The van der Waals surface area contributed by atoms with Crippen LogP contribution < -0.4 is 15.4 Å². The average Bonchev–Trinajstić information content (AvgIpc) is 3.86. The molecule has 2 atom stereocenters. The van der Waals surface area contributed by atoms with Crippen molar-refractivity contribution in [2.75, 3.05) is 22.3 Å². The van der Waals surface area contributed by atoms with E-state index < -0.39 is 75.4 Å². The van der Waals surface area contributed by atoms with Gasteiger partial charge in [0.1, 0.15) is 29.6 Å². The van der Waals surface area contributed by atoms with Crippen molar-refractivity contribution in [1.82, 2.24) is 34.8 Å². The van der Waals surface area contributed by atoms with Gasteiger partial charge in [0.15, 0.2) is 16.6 Å². The largest absolute Gasteiger partial charge is 0.389 e. The SMILES string of the molecule is CCS(=O)(=O)Nc1nn(C)c2c(-c3cc4sc(NCC(C)(C)O)nc4nc3[C@H](Cc3cc(F)cc(F)c3)NC(=O)Cn3nc(C(F)F)c4c3C(F)(F)[C@H](C)C4)cccc12. The van der Waals surface area contributed by atoms with Crippen LogP contribution in [-0.4, -0.2) is 66.9 Å². The third-order valence-electron chi connectivity index (χ3n) is 9.93. The standard InChI is InChI=1S/C38H39F6N9O4S2/c1-6-59(56,57)51-34-23-9-7-8-22(31(23)52(5)50-34)24-15-27-35(48-36(58-27)45-17-37(3,4)55)47-29(24)26(13-19-11-20(39)14-21(40)12-19)46-28(54)16-53-32-25(30(49-53)33(41)42)10-18(2)38(32,43)44/h7-9,11-12,14-15,18,26,33,55H,6,10,13,16-17H2,1-5H3,(H,46,54)(H,50,51)(H,45,47,48)/t18-,26+/m1/s1. The number of aryl methyl sites for hydroxylation is 1. The van der Waals surface area contributed by atoms with Crippen molar-refractivity contribution in [1.29, 1.82) is 0 Å². The number of anilines is 2. The number of fused-ring (bicyclic) bond motifs is 3. The van der Waals surface area contributed by atoms with E-state index in [1.807, 2.05) is 0 Å². The minimum Gasteiger partial charge on any atom is -0.389 e. The molecule has 0 radical (unpaired) electrons. The number of halogens is 6. The summed E-state index contributed by atoms with van der Waals surface area (Å²) in [4.78, 5) is 23.5. The lowest BCUT2D eigenvalue weighted by Gasteiger charge is -2.23. The summed E-state index contributed by atoms with van der Waals surface area (Å²) in [5.74, 6) is -7.87. The summed E-state index contributed by atoms with van der Waals surface area (Å²) in [6, 6.07) is 8.19. The third kappa shape index (κ3) is 8.45. The maximum atomic E-state index is 15.4. The molecule has 0 spiro atoms. The van der Waals surface area contributed by atoms with E-state index in [0.717, 1.165) is 12.1 Å². The van der Waals surface area contributed by atoms with Crippen LogP contribution >= 0.6 is 11.3 Å². The van der Waals surface area contributed by atoms with Gasteiger partial charge in [-0.05, 0) is 63.4 Å². The van der Waals surface area contributed by atoms with E-state index in [4.69, 9.17) is 4.98 Å². The molecular formula is C38H39F6N9O4S2. The third-order valence-corrected chi connectivity index (χ3v) is 12.1. The number of sulfonamides is 1. The summed E-state index contributed by atoms with van der Waals surface area (Å²) in [6.45, 7) is 5.08. The summed E-state index contributed by atoms with van der Waals surface area (Å²) in [6.07, 6.45) is -3.86. The molecule has 0 aliphatic heterocycles. The number of carbonyl (C=O) groups excluding carboxylic acids is 1. The van der Waals surface area contributed by atoms with Crippen molar-refractivity contribution in [3.63, 3.8) is 0 Å². The average molecular weight is 864 g/mol. The Labute approximate surface area is 337 Å². The molecule has 2 aromatic carbocycles. The maximum absolute atomic E-state index is 15.4. The number of nitrogens with zero attached hydrogens (tertiary/aromatic N) is 6. The van der Waals surface area contributed by atoms with Crippen LogP contribution in [0.4, 0.5) is 37.3 Å². The van der Waals surface area contributed by atoms with Gasteiger partial charge in [0.2, 0.25) is 15.9 Å². The second-order valence-electron chi connectivity index (χ2n) is 15.1. The predicted molar refractivity (Wildman–Crippen MR) is 210 cm³/mol. The highest BCUT2D eigenvalue weighted by Crippen LogP contribution is 2.48. The minimum absolute atomic E-state index is 0.0406. The van der Waals surface area contributed by atoms with Gasteiger partial charge in [0.05, 0.1) is 33.3 Å². The van der Waals surface area contributed by atoms with Crippen LogP contribution in [0.3, 0.4) is 0 Å². The molecule has 4 aromatic heterocycles. The molecule has 13 nitrogen and oxygen atoms in total. The van der Waals surface area contributed by atoms with E-state index in [1.54, 1.807) is 45.2 Å². The highest BCUT2D eigenvalue weighted by atomic mass is 32.2. The molecule has 0 fully saturated rings. The van der Waals surface area contributed by atoms with Crippen LogP contribution in [0.15, 0.2) is 42.5 Å². The van der Waals surface area contributed by atoms with Crippen molar-refractivity contribution in [2.24, 2.45) is 13.0 Å². The first-order valence-electron chi connectivity index (χ1n) is 18.4. The molecule has 6 aromatic rings. The molecule has 314 valence electrons. The molecule has 59 heavy (non-hydrogen) atoms. The molecule has 4 heterocycles. The smallest absolute Gasteiger partial charge is 0.292 e. The van der Waals surface area contributed by atoms with E-state index in [-0.39, 0.29) is 53.4 Å². The summed E-state index contributed by atoms with van der Waals surface area (Å²) in [7, 11) is -2.17. The number of aromatic nitrogens is 6. The van der Waals surface area contributed by atoms with Crippen molar-refractivity contribution in [3.05, 3.63) is 82.3 Å². The number of alkyl halides is 4. The number of benzene rings is 2. The first-order chi connectivity index (χ1) is 27.6. The van der Waals surface area contributed by atoms with Gasteiger partial charge >= 0.3 is 0 Å². The Morgan fingerprint density at radius 3 is 2.44 bits per heavy atom. The molecule has 0 bridgehead atoms. The topological polar surface area (TPSA) is 169 Å².